The van der Waals surface area contributed by atoms with Crippen molar-refractivity contribution < 1.29 is 17.9 Å². The molecule has 3 rings (SSSR count). The van der Waals surface area contributed by atoms with Gasteiger partial charge in [0.15, 0.2) is 0 Å². The van der Waals surface area contributed by atoms with E-state index in [9.17, 15) is 8.42 Å². The summed E-state index contributed by atoms with van der Waals surface area (Å²) in [6.45, 7) is 0.401. The van der Waals surface area contributed by atoms with E-state index in [1.54, 1.807) is 44.6 Å². The van der Waals surface area contributed by atoms with E-state index in [0.29, 0.717) is 28.8 Å². The van der Waals surface area contributed by atoms with Crippen molar-refractivity contribution >= 4 is 27.3 Å². The molecule has 7 heteroatoms. The van der Waals surface area contributed by atoms with Crippen LogP contribution in [0.15, 0.2) is 41.3 Å². The Balaban J connectivity index is 2.15. The summed E-state index contributed by atoms with van der Waals surface area (Å²) in [6, 6.07) is 9.80. The summed E-state index contributed by atoms with van der Waals surface area (Å²) in [7, 11) is -0.600. The second kappa shape index (κ2) is 6.53. The van der Waals surface area contributed by atoms with Crippen LogP contribution in [0.2, 0.25) is 5.02 Å². The highest BCUT2D eigenvalue weighted by atomic mass is 35.5. The van der Waals surface area contributed by atoms with E-state index in [-0.39, 0.29) is 4.90 Å². The Morgan fingerprint density at radius 2 is 1.92 bits per heavy atom. The lowest BCUT2D eigenvalue weighted by molar-refractivity contribution is 0.390. The average Bonchev–Trinajstić information content (AvgIpc) is 2.60. The maximum Gasteiger partial charge on any atom is 0.264 e. The minimum Gasteiger partial charge on any atom is -0.497 e. The average molecular weight is 368 g/mol. The Morgan fingerprint density at radius 1 is 1.12 bits per heavy atom. The number of benzene rings is 2. The second-order valence-electron chi connectivity index (χ2n) is 5.47. The molecule has 2 aromatic carbocycles. The van der Waals surface area contributed by atoms with Gasteiger partial charge in [-0.25, -0.2) is 8.42 Å². The predicted molar refractivity (Wildman–Crippen MR) is 93.9 cm³/mol. The fourth-order valence-corrected chi connectivity index (χ4v) is 4.73. The number of anilines is 1. The van der Waals surface area contributed by atoms with Crippen molar-refractivity contribution in [3.63, 3.8) is 0 Å². The summed E-state index contributed by atoms with van der Waals surface area (Å²) in [4.78, 5) is 0.171. The number of sulfonamides is 1. The molecule has 0 amide bonds. The normalized spacial score (nSPS) is 14.2. The van der Waals surface area contributed by atoms with Gasteiger partial charge < -0.3 is 9.47 Å². The number of halogens is 1. The molecule has 5 nitrogen and oxygen atoms in total. The van der Waals surface area contributed by atoms with E-state index in [2.05, 4.69) is 0 Å². The number of fused-ring (bicyclic) bond motifs is 1. The number of nitrogens with zero attached hydrogens (tertiary/aromatic N) is 1. The maximum atomic E-state index is 13.1. The monoisotopic (exact) mass is 367 g/mol. The number of rotatable bonds is 4. The van der Waals surface area contributed by atoms with Crippen molar-refractivity contribution in [2.24, 2.45) is 0 Å². The van der Waals surface area contributed by atoms with Crippen LogP contribution in [0.1, 0.15) is 12.0 Å². The van der Waals surface area contributed by atoms with Crippen LogP contribution in [0.3, 0.4) is 0 Å². The molecule has 1 aliphatic rings. The first-order chi connectivity index (χ1) is 11.5. The fraction of sp³-hybridized carbons (Fsp3) is 0.294. The summed E-state index contributed by atoms with van der Waals surface area (Å²) in [6.07, 6.45) is 1.47. The summed E-state index contributed by atoms with van der Waals surface area (Å²) < 4.78 is 38.3. The van der Waals surface area contributed by atoms with Gasteiger partial charge in [0.2, 0.25) is 0 Å². The third-order valence-corrected chi connectivity index (χ3v) is 6.10. The zero-order chi connectivity index (χ0) is 17.3. The molecular formula is C17H18ClNO4S. The van der Waals surface area contributed by atoms with Gasteiger partial charge in [-0.15, -0.1) is 0 Å². The van der Waals surface area contributed by atoms with Crippen molar-refractivity contribution in [1.29, 1.82) is 0 Å². The van der Waals surface area contributed by atoms with E-state index in [0.717, 1.165) is 18.4 Å². The summed E-state index contributed by atoms with van der Waals surface area (Å²) >= 11 is 5.96. The van der Waals surface area contributed by atoms with Crippen LogP contribution < -0.4 is 13.8 Å². The lowest BCUT2D eigenvalue weighted by Crippen LogP contribution is -2.35. The highest BCUT2D eigenvalue weighted by Crippen LogP contribution is 2.40. The highest BCUT2D eigenvalue weighted by molar-refractivity contribution is 7.92. The maximum absolute atomic E-state index is 13.1. The molecule has 1 aliphatic heterocycles. The first-order valence-electron chi connectivity index (χ1n) is 7.50. The van der Waals surface area contributed by atoms with Gasteiger partial charge in [-0.05, 0) is 31.0 Å². The Hall–Kier alpha value is -1.92. The van der Waals surface area contributed by atoms with Crippen LogP contribution >= 0.6 is 11.6 Å². The molecule has 0 aromatic heterocycles. The van der Waals surface area contributed by atoms with Crippen molar-refractivity contribution in [2.75, 3.05) is 25.1 Å². The van der Waals surface area contributed by atoms with Gasteiger partial charge in [0, 0.05) is 29.3 Å². The molecule has 0 fully saturated rings. The third-order valence-electron chi connectivity index (χ3n) is 4.06. The quantitative estimate of drug-likeness (QED) is 0.829. The van der Waals surface area contributed by atoms with Gasteiger partial charge in [-0.2, -0.15) is 0 Å². The number of ether oxygens (including phenoxy) is 2. The molecule has 0 bridgehead atoms. The van der Waals surface area contributed by atoms with Gasteiger partial charge in [0.05, 0.1) is 24.8 Å². The third kappa shape index (κ3) is 2.91. The van der Waals surface area contributed by atoms with Crippen molar-refractivity contribution in [3.05, 3.63) is 47.0 Å². The molecular weight excluding hydrogens is 350 g/mol. The minimum absolute atomic E-state index is 0.171. The molecule has 0 saturated carbocycles. The standard InChI is InChI=1S/C17H18ClNO4S/c1-22-13-10-16-15(17(11-13)23-2)7-4-8-19(16)24(20,21)14-6-3-5-12(18)9-14/h3,5-6,9-11H,4,7-8H2,1-2H3. The topological polar surface area (TPSA) is 55.8 Å². The van der Waals surface area contributed by atoms with E-state index in [1.165, 1.54) is 10.4 Å². The molecule has 1 heterocycles. The lowest BCUT2D eigenvalue weighted by atomic mass is 10.0. The Morgan fingerprint density at radius 3 is 2.58 bits per heavy atom. The smallest absolute Gasteiger partial charge is 0.264 e. The first-order valence-corrected chi connectivity index (χ1v) is 9.32. The second-order valence-corrected chi connectivity index (χ2v) is 7.76. The van der Waals surface area contributed by atoms with E-state index in [1.807, 2.05) is 0 Å². The molecule has 128 valence electrons. The number of methoxy groups -OCH3 is 2. The highest BCUT2D eigenvalue weighted by Gasteiger charge is 2.31. The van der Waals surface area contributed by atoms with E-state index < -0.39 is 10.0 Å². The summed E-state index contributed by atoms with van der Waals surface area (Å²) in [5, 5.41) is 0.386. The van der Waals surface area contributed by atoms with Gasteiger partial charge >= 0.3 is 0 Å². The van der Waals surface area contributed by atoms with Crippen LogP contribution in [0, 0.1) is 0 Å². The van der Waals surface area contributed by atoms with E-state index in [4.69, 9.17) is 21.1 Å². The van der Waals surface area contributed by atoms with Crippen LogP contribution in [-0.2, 0) is 16.4 Å². The number of hydrogen-bond donors (Lipinski definition) is 0. The van der Waals surface area contributed by atoms with Gasteiger partial charge in [0.25, 0.3) is 10.0 Å². The SMILES string of the molecule is COc1cc(OC)c2c(c1)N(S(=O)(=O)c1cccc(Cl)c1)CCC2. The van der Waals surface area contributed by atoms with Crippen molar-refractivity contribution in [2.45, 2.75) is 17.7 Å². The predicted octanol–water partition coefficient (Wildman–Crippen LogP) is 3.50. The van der Waals surface area contributed by atoms with Crippen LogP contribution in [-0.4, -0.2) is 29.2 Å². The molecule has 0 aliphatic carbocycles. The van der Waals surface area contributed by atoms with Crippen LogP contribution in [0.5, 0.6) is 11.5 Å². The molecule has 0 N–H and O–H groups in total. The Labute approximate surface area is 146 Å². The molecule has 0 spiro atoms. The Bertz CT molecular complexity index is 867. The Kier molecular flexibility index (Phi) is 4.60. The zero-order valence-corrected chi connectivity index (χ0v) is 15.0. The van der Waals surface area contributed by atoms with Gasteiger partial charge in [-0.3, -0.25) is 4.31 Å². The van der Waals surface area contributed by atoms with E-state index >= 15 is 0 Å². The minimum atomic E-state index is -3.71. The van der Waals surface area contributed by atoms with Crippen LogP contribution in [0.4, 0.5) is 5.69 Å². The summed E-state index contributed by atoms with van der Waals surface area (Å²) in [5.41, 5.74) is 1.47. The van der Waals surface area contributed by atoms with Crippen molar-refractivity contribution in [3.8, 4) is 11.5 Å². The molecule has 0 unspecified atom stereocenters. The lowest BCUT2D eigenvalue weighted by Gasteiger charge is -2.31. The molecule has 0 radical (unpaired) electrons. The first kappa shape index (κ1) is 16.9. The van der Waals surface area contributed by atoms with Crippen LogP contribution in [0.25, 0.3) is 0 Å². The molecule has 0 atom stereocenters. The molecule has 0 saturated heterocycles. The van der Waals surface area contributed by atoms with Crippen molar-refractivity contribution in [1.82, 2.24) is 0 Å². The largest absolute Gasteiger partial charge is 0.497 e. The summed E-state index contributed by atoms with van der Waals surface area (Å²) in [5.74, 6) is 1.19. The zero-order valence-electron chi connectivity index (χ0n) is 13.5. The molecule has 24 heavy (non-hydrogen) atoms. The van der Waals surface area contributed by atoms with Gasteiger partial charge in [-0.1, -0.05) is 17.7 Å². The van der Waals surface area contributed by atoms with Gasteiger partial charge in [0.1, 0.15) is 11.5 Å². The number of hydrogen-bond acceptors (Lipinski definition) is 4. The molecule has 2 aromatic rings. The fourth-order valence-electron chi connectivity index (χ4n) is 2.90.